The zero-order valence-corrected chi connectivity index (χ0v) is 14.1. The van der Waals surface area contributed by atoms with Crippen LogP contribution in [0.4, 0.5) is 0 Å². The maximum atomic E-state index is 5.95. The number of halogens is 2. The van der Waals surface area contributed by atoms with Crippen molar-refractivity contribution in [2.75, 3.05) is 6.54 Å². The fourth-order valence-corrected chi connectivity index (χ4v) is 2.74. The molecule has 0 saturated heterocycles. The largest absolute Gasteiger partial charge is 1.00 e. The van der Waals surface area contributed by atoms with Crippen molar-refractivity contribution in [1.82, 2.24) is 10.2 Å². The Hall–Kier alpha value is -0.750. The lowest BCUT2D eigenvalue weighted by atomic mass is 10.2. The van der Waals surface area contributed by atoms with Gasteiger partial charge in [0.05, 0.1) is 6.54 Å². The highest BCUT2D eigenvalue weighted by molar-refractivity contribution is 7.98. The van der Waals surface area contributed by atoms with Crippen molar-refractivity contribution in [2.24, 2.45) is 0 Å². The number of hydrogen-bond donors (Lipinski definition) is 1. The second-order valence-electron chi connectivity index (χ2n) is 4.54. The van der Waals surface area contributed by atoms with Crippen molar-refractivity contribution in [3.63, 3.8) is 0 Å². The number of unbranched alkanes of at least 4 members (excludes halogenated alkanes) is 2. The minimum Gasteiger partial charge on any atom is -1.00 e. The van der Waals surface area contributed by atoms with Crippen molar-refractivity contribution >= 4 is 23.4 Å². The third-order valence-electron chi connectivity index (χ3n) is 2.84. The Morgan fingerprint density at radius 3 is 2.81 bits per heavy atom. The summed E-state index contributed by atoms with van der Waals surface area (Å²) in [7, 11) is 0. The second-order valence-corrected chi connectivity index (χ2v) is 5.91. The Bertz CT molecular complexity index is 536. The number of thioether (sulfide) groups is 1. The van der Waals surface area contributed by atoms with Gasteiger partial charge in [0.25, 0.3) is 5.22 Å². The van der Waals surface area contributed by atoms with Crippen LogP contribution in [0.3, 0.4) is 0 Å². The first-order chi connectivity index (χ1) is 9.78. The molecule has 0 unspecified atom stereocenters. The zero-order valence-electron chi connectivity index (χ0n) is 11.7. The van der Waals surface area contributed by atoms with Gasteiger partial charge >= 0.3 is 0 Å². The van der Waals surface area contributed by atoms with Crippen LogP contribution in [-0.4, -0.2) is 16.7 Å². The van der Waals surface area contributed by atoms with Crippen molar-refractivity contribution in [2.45, 2.75) is 36.7 Å². The average Bonchev–Trinajstić information content (AvgIpc) is 2.89. The van der Waals surface area contributed by atoms with E-state index in [1.165, 1.54) is 11.8 Å². The summed E-state index contributed by atoms with van der Waals surface area (Å²) in [5.74, 6) is 1.51. The van der Waals surface area contributed by atoms with E-state index < -0.39 is 0 Å². The lowest BCUT2D eigenvalue weighted by Crippen LogP contribution is -3.00. The maximum Gasteiger partial charge on any atom is 0.276 e. The van der Waals surface area contributed by atoms with E-state index in [1.54, 1.807) is 0 Å². The maximum absolute atomic E-state index is 5.95. The van der Waals surface area contributed by atoms with Gasteiger partial charge in [-0.3, -0.25) is 0 Å². The van der Waals surface area contributed by atoms with Gasteiger partial charge < -0.3 is 22.6 Å². The molecule has 116 valence electrons. The standard InChI is InChI=1S/C14H18ClN3OS.ClH/c15-12-6-4-5-11(9-12)10-20-14-18-17-13(19-14)7-2-1-3-8-16;/h4-6,9H,1-3,7-8,10,16H2;1H. The van der Waals surface area contributed by atoms with Gasteiger partial charge in [-0.1, -0.05) is 35.5 Å². The summed E-state index contributed by atoms with van der Waals surface area (Å²) in [4.78, 5) is 0. The van der Waals surface area contributed by atoms with Crippen LogP contribution in [0.25, 0.3) is 0 Å². The Morgan fingerprint density at radius 1 is 1.19 bits per heavy atom. The lowest BCUT2D eigenvalue weighted by Gasteiger charge is -1.98. The molecule has 7 heteroatoms. The number of hydrogen-bond acceptors (Lipinski definition) is 4. The molecule has 3 N–H and O–H groups in total. The van der Waals surface area contributed by atoms with Crippen LogP contribution in [0.15, 0.2) is 33.9 Å². The van der Waals surface area contributed by atoms with E-state index in [9.17, 15) is 0 Å². The molecule has 0 aliphatic rings. The average molecular weight is 348 g/mol. The normalized spacial score (nSPS) is 10.4. The molecule has 0 aliphatic heterocycles. The van der Waals surface area contributed by atoms with Crippen LogP contribution < -0.4 is 18.1 Å². The van der Waals surface area contributed by atoms with Crippen molar-refractivity contribution in [3.8, 4) is 0 Å². The summed E-state index contributed by atoms with van der Waals surface area (Å²) < 4.78 is 5.61. The Kier molecular flexibility index (Phi) is 8.76. The van der Waals surface area contributed by atoms with Gasteiger partial charge in [0.1, 0.15) is 0 Å². The lowest BCUT2D eigenvalue weighted by molar-refractivity contribution is -0.368. The molecule has 2 rings (SSSR count). The highest BCUT2D eigenvalue weighted by Gasteiger charge is 2.07. The van der Waals surface area contributed by atoms with Crippen LogP contribution in [0, 0.1) is 0 Å². The summed E-state index contributed by atoms with van der Waals surface area (Å²) in [6.07, 6.45) is 4.25. The molecule has 1 aromatic carbocycles. The molecule has 0 spiro atoms. The number of quaternary nitrogens is 1. The van der Waals surface area contributed by atoms with E-state index in [1.807, 2.05) is 24.3 Å². The van der Waals surface area contributed by atoms with Crippen LogP contribution >= 0.6 is 23.4 Å². The van der Waals surface area contributed by atoms with E-state index >= 15 is 0 Å². The van der Waals surface area contributed by atoms with Gasteiger partial charge in [-0.25, -0.2) is 0 Å². The van der Waals surface area contributed by atoms with E-state index in [2.05, 4.69) is 15.9 Å². The van der Waals surface area contributed by atoms with E-state index in [0.29, 0.717) is 5.22 Å². The monoisotopic (exact) mass is 347 g/mol. The number of nitrogens with zero attached hydrogens (tertiary/aromatic N) is 2. The summed E-state index contributed by atoms with van der Waals surface area (Å²) in [5, 5.41) is 9.49. The molecule has 0 saturated carbocycles. The molecule has 2 aromatic rings. The summed E-state index contributed by atoms with van der Waals surface area (Å²) >= 11 is 7.49. The topological polar surface area (TPSA) is 66.6 Å². The molecule has 0 bridgehead atoms. The SMILES string of the molecule is [Cl-].[NH3+]CCCCCc1nnc(SCc2cccc(Cl)c2)o1. The Morgan fingerprint density at radius 2 is 2.05 bits per heavy atom. The predicted molar refractivity (Wildman–Crippen MR) is 80.6 cm³/mol. The number of aromatic nitrogens is 2. The third kappa shape index (κ3) is 6.70. The number of rotatable bonds is 8. The van der Waals surface area contributed by atoms with Crippen molar-refractivity contribution in [3.05, 3.63) is 40.7 Å². The fraction of sp³-hybridized carbons (Fsp3) is 0.429. The highest BCUT2D eigenvalue weighted by Crippen LogP contribution is 2.23. The van der Waals surface area contributed by atoms with Crippen LogP contribution in [0.2, 0.25) is 5.02 Å². The second kappa shape index (κ2) is 10.1. The number of benzene rings is 1. The van der Waals surface area contributed by atoms with Crippen LogP contribution in [0.5, 0.6) is 0 Å². The van der Waals surface area contributed by atoms with E-state index in [0.717, 1.165) is 54.5 Å². The van der Waals surface area contributed by atoms with Gasteiger partial charge in [-0.15, -0.1) is 10.2 Å². The molecule has 0 aliphatic carbocycles. The van der Waals surface area contributed by atoms with Gasteiger partial charge in [0, 0.05) is 17.2 Å². The van der Waals surface area contributed by atoms with E-state index in [-0.39, 0.29) is 12.4 Å². The molecule has 0 atom stereocenters. The van der Waals surface area contributed by atoms with Gasteiger partial charge in [-0.05, 0) is 37.0 Å². The molecular formula is C14H19Cl2N3OS. The number of aryl methyl sites for hydroxylation is 1. The van der Waals surface area contributed by atoms with Gasteiger partial charge in [0.2, 0.25) is 5.89 Å². The molecule has 21 heavy (non-hydrogen) atoms. The Balaban J connectivity index is 0.00000220. The van der Waals surface area contributed by atoms with Gasteiger partial charge in [-0.2, -0.15) is 0 Å². The molecule has 1 aromatic heterocycles. The summed E-state index contributed by atoms with van der Waals surface area (Å²) in [5.41, 5.74) is 4.98. The first kappa shape index (κ1) is 18.3. The molecule has 0 fully saturated rings. The summed E-state index contributed by atoms with van der Waals surface area (Å²) in [6.45, 7) is 0.991. The molecule has 0 radical (unpaired) electrons. The smallest absolute Gasteiger partial charge is 0.276 e. The van der Waals surface area contributed by atoms with Crippen LogP contribution in [-0.2, 0) is 12.2 Å². The predicted octanol–water partition coefficient (Wildman–Crippen LogP) is -0.0260. The molecular weight excluding hydrogens is 329 g/mol. The van der Waals surface area contributed by atoms with Crippen molar-refractivity contribution < 1.29 is 22.6 Å². The first-order valence-corrected chi connectivity index (χ1v) is 8.13. The molecule has 0 amide bonds. The molecule has 4 nitrogen and oxygen atoms in total. The fourth-order valence-electron chi connectivity index (χ4n) is 1.80. The first-order valence-electron chi connectivity index (χ1n) is 6.77. The third-order valence-corrected chi connectivity index (χ3v) is 3.96. The minimum absolute atomic E-state index is 0. The van der Waals surface area contributed by atoms with Crippen molar-refractivity contribution in [1.29, 1.82) is 0 Å². The quantitative estimate of drug-likeness (QED) is 0.538. The minimum atomic E-state index is 0. The van der Waals surface area contributed by atoms with Crippen LogP contribution in [0.1, 0.15) is 30.7 Å². The zero-order chi connectivity index (χ0) is 14.2. The summed E-state index contributed by atoms with van der Waals surface area (Å²) in [6, 6.07) is 7.80. The van der Waals surface area contributed by atoms with Gasteiger partial charge in [0.15, 0.2) is 0 Å². The highest BCUT2D eigenvalue weighted by atomic mass is 35.5. The molecule has 1 heterocycles. The Labute approximate surface area is 140 Å². The van der Waals surface area contributed by atoms with E-state index in [4.69, 9.17) is 16.0 Å².